The highest BCUT2D eigenvalue weighted by Gasteiger charge is 2.36. The van der Waals surface area contributed by atoms with Gasteiger partial charge in [0.1, 0.15) is 11.5 Å². The van der Waals surface area contributed by atoms with Crippen molar-refractivity contribution in [2.75, 3.05) is 11.4 Å². The lowest BCUT2D eigenvalue weighted by atomic mass is 10.1. The van der Waals surface area contributed by atoms with Gasteiger partial charge in [-0.15, -0.1) is 0 Å². The summed E-state index contributed by atoms with van der Waals surface area (Å²) in [5, 5.41) is 0. The second kappa shape index (κ2) is 12.0. The van der Waals surface area contributed by atoms with Crippen LogP contribution in [0.3, 0.4) is 0 Å². The van der Waals surface area contributed by atoms with Gasteiger partial charge in [0, 0.05) is 32.4 Å². The highest BCUT2D eigenvalue weighted by Crippen LogP contribution is 2.38. The molecule has 0 radical (unpaired) electrons. The van der Waals surface area contributed by atoms with Gasteiger partial charge in [-0.1, -0.05) is 25.1 Å². The number of nitrogens with zero attached hydrogens (tertiary/aromatic N) is 3. The molecular weight excluding hydrogens is 521 g/mol. The third-order valence-electron chi connectivity index (χ3n) is 5.63. The molecule has 0 aliphatic heterocycles. The van der Waals surface area contributed by atoms with Crippen LogP contribution in [0.15, 0.2) is 54.9 Å². The number of hydrogen-bond donors (Lipinski definition) is 0. The van der Waals surface area contributed by atoms with E-state index < -0.39 is 29.2 Å². The first-order valence-electron chi connectivity index (χ1n) is 12.3. The highest BCUT2D eigenvalue weighted by molar-refractivity contribution is 5.62. The molecule has 0 fully saturated rings. The van der Waals surface area contributed by atoms with E-state index in [1.807, 2.05) is 6.92 Å². The number of halogens is 5. The highest BCUT2D eigenvalue weighted by atomic mass is 19.4. The van der Waals surface area contributed by atoms with Gasteiger partial charge in [0.05, 0.1) is 5.56 Å². The van der Waals surface area contributed by atoms with Gasteiger partial charge in [0.25, 0.3) is 0 Å². The zero-order valence-corrected chi connectivity index (χ0v) is 22.1. The molecule has 3 aromatic rings. The molecule has 11 heteroatoms. The van der Waals surface area contributed by atoms with Crippen LogP contribution in [0.1, 0.15) is 49.9 Å². The molecule has 0 amide bonds. The molecule has 210 valence electrons. The molecule has 39 heavy (non-hydrogen) atoms. The van der Waals surface area contributed by atoms with Crippen molar-refractivity contribution in [2.45, 2.75) is 65.0 Å². The van der Waals surface area contributed by atoms with Crippen LogP contribution in [-0.2, 0) is 30.4 Å². The molecular formula is C28H30F5N3O3. The maximum atomic E-state index is 13.8. The molecule has 0 aliphatic carbocycles. The number of aromatic nitrogens is 2. The van der Waals surface area contributed by atoms with Gasteiger partial charge in [-0.25, -0.2) is 9.97 Å². The van der Waals surface area contributed by atoms with Crippen LogP contribution in [0.2, 0.25) is 0 Å². The lowest BCUT2D eigenvalue weighted by Crippen LogP contribution is -2.31. The van der Waals surface area contributed by atoms with Gasteiger partial charge in [-0.2, -0.15) is 22.0 Å². The summed E-state index contributed by atoms with van der Waals surface area (Å²) in [5.41, 5.74) is -0.522. The molecule has 0 N–H and O–H groups in total. The van der Waals surface area contributed by atoms with E-state index in [4.69, 9.17) is 4.74 Å². The molecule has 2 aromatic carbocycles. The van der Waals surface area contributed by atoms with E-state index >= 15 is 0 Å². The smallest absolute Gasteiger partial charge is 0.419 e. The van der Waals surface area contributed by atoms with Crippen molar-refractivity contribution >= 4 is 12.2 Å². The van der Waals surface area contributed by atoms with Crippen molar-refractivity contribution in [3.05, 3.63) is 77.1 Å². The van der Waals surface area contributed by atoms with E-state index in [0.717, 1.165) is 18.1 Å². The first-order chi connectivity index (χ1) is 18.2. The topological polar surface area (TPSA) is 64.6 Å². The number of rotatable bonds is 12. The normalized spacial score (nSPS) is 12.2. The fourth-order valence-electron chi connectivity index (χ4n) is 3.69. The van der Waals surface area contributed by atoms with Crippen LogP contribution in [0, 0.1) is 0 Å². The number of anilines is 1. The Labute approximate surface area is 223 Å². The summed E-state index contributed by atoms with van der Waals surface area (Å²) in [7, 11) is 0. The summed E-state index contributed by atoms with van der Waals surface area (Å²) in [6.07, 6.45) is -3.40. The van der Waals surface area contributed by atoms with Gasteiger partial charge in [0.15, 0.2) is 11.9 Å². The quantitative estimate of drug-likeness (QED) is 0.185. The third-order valence-corrected chi connectivity index (χ3v) is 5.63. The monoisotopic (exact) mass is 551 g/mol. The second-order valence-corrected chi connectivity index (χ2v) is 9.63. The van der Waals surface area contributed by atoms with E-state index in [0.29, 0.717) is 30.3 Å². The van der Waals surface area contributed by atoms with Gasteiger partial charge >= 0.3 is 12.3 Å². The fourth-order valence-corrected chi connectivity index (χ4v) is 3.69. The lowest BCUT2D eigenvalue weighted by Gasteiger charge is -2.25. The number of hydrogen-bond acceptors (Lipinski definition) is 6. The maximum Gasteiger partial charge on any atom is 0.419 e. The summed E-state index contributed by atoms with van der Waals surface area (Å²) in [6.45, 7) is 5.75. The van der Waals surface area contributed by atoms with E-state index in [9.17, 15) is 26.7 Å². The number of alkyl halides is 5. The van der Waals surface area contributed by atoms with E-state index in [1.54, 1.807) is 29.4 Å². The van der Waals surface area contributed by atoms with Gasteiger partial charge < -0.3 is 14.4 Å². The molecule has 1 aromatic heterocycles. The van der Waals surface area contributed by atoms with Crippen molar-refractivity contribution < 1.29 is 36.2 Å². The summed E-state index contributed by atoms with van der Waals surface area (Å²) >= 11 is 0. The number of aryl methyl sites for hydroxylation is 1. The van der Waals surface area contributed by atoms with Crippen LogP contribution in [0.4, 0.5) is 27.9 Å². The standard InChI is InChI=1S/C28H30F5N3O3/c1-5-19-15-34-25(35-16-19)36(17-21-7-6-8-22(13-21)38-27(4,29)30)12-11-20-9-10-24(39-26(2,3)18-37)23(14-20)28(31,32)33/h6-10,13-16,18H,5,11-12,17H2,1-4H3. The summed E-state index contributed by atoms with van der Waals surface area (Å²) in [6, 6.07) is 9.86. The van der Waals surface area contributed by atoms with Crippen molar-refractivity contribution in [1.82, 2.24) is 9.97 Å². The molecule has 0 saturated heterocycles. The van der Waals surface area contributed by atoms with Crippen molar-refractivity contribution in [3.8, 4) is 11.5 Å². The molecule has 0 bridgehead atoms. The summed E-state index contributed by atoms with van der Waals surface area (Å²) in [5.74, 6) is -0.128. The summed E-state index contributed by atoms with van der Waals surface area (Å²) < 4.78 is 78.1. The molecule has 6 nitrogen and oxygen atoms in total. The number of benzene rings is 2. The first-order valence-corrected chi connectivity index (χ1v) is 12.3. The van der Waals surface area contributed by atoms with E-state index in [2.05, 4.69) is 14.7 Å². The van der Waals surface area contributed by atoms with Crippen molar-refractivity contribution in [2.24, 2.45) is 0 Å². The van der Waals surface area contributed by atoms with Gasteiger partial charge in [0.2, 0.25) is 5.95 Å². The lowest BCUT2D eigenvalue weighted by molar-refractivity contribution is -0.159. The Morgan fingerprint density at radius 2 is 1.59 bits per heavy atom. The Kier molecular flexibility index (Phi) is 9.14. The van der Waals surface area contributed by atoms with Crippen LogP contribution in [0.25, 0.3) is 0 Å². The predicted octanol–water partition coefficient (Wildman–Crippen LogP) is 6.65. The zero-order chi connectivity index (χ0) is 28.8. The minimum Gasteiger partial charge on any atom is -0.480 e. The minimum atomic E-state index is -4.70. The average molecular weight is 552 g/mol. The van der Waals surface area contributed by atoms with Crippen LogP contribution in [0.5, 0.6) is 11.5 Å². The average Bonchev–Trinajstić information content (AvgIpc) is 2.85. The Balaban J connectivity index is 1.88. The number of carbonyl (C=O) groups excluding carboxylic acids is 1. The number of carbonyl (C=O) groups is 1. The van der Waals surface area contributed by atoms with Gasteiger partial charge in [-0.3, -0.25) is 4.79 Å². The van der Waals surface area contributed by atoms with Crippen LogP contribution >= 0.6 is 0 Å². The van der Waals surface area contributed by atoms with Crippen LogP contribution in [-0.4, -0.2) is 34.5 Å². The maximum absolute atomic E-state index is 13.8. The zero-order valence-electron chi connectivity index (χ0n) is 22.1. The fraction of sp³-hybridized carbons (Fsp3) is 0.393. The Morgan fingerprint density at radius 3 is 2.18 bits per heavy atom. The Hall–Kier alpha value is -3.76. The summed E-state index contributed by atoms with van der Waals surface area (Å²) in [4.78, 5) is 21.7. The minimum absolute atomic E-state index is 0.0224. The first kappa shape index (κ1) is 29.8. The molecule has 1 heterocycles. The largest absolute Gasteiger partial charge is 0.480 e. The Bertz CT molecular complexity index is 1260. The van der Waals surface area contributed by atoms with Crippen molar-refractivity contribution in [3.63, 3.8) is 0 Å². The molecule has 0 aliphatic rings. The number of aldehydes is 1. The van der Waals surface area contributed by atoms with E-state index in [-0.39, 0.29) is 25.3 Å². The number of ether oxygens (including phenoxy) is 2. The molecule has 0 saturated carbocycles. The molecule has 3 rings (SSSR count). The van der Waals surface area contributed by atoms with Gasteiger partial charge in [-0.05, 0) is 67.6 Å². The van der Waals surface area contributed by atoms with Crippen LogP contribution < -0.4 is 14.4 Å². The molecule has 0 spiro atoms. The third kappa shape index (κ3) is 8.90. The second-order valence-electron chi connectivity index (χ2n) is 9.63. The SMILES string of the molecule is CCc1cnc(N(CCc2ccc(OC(C)(C)C=O)c(C(F)(F)F)c2)Cc2cccc(OC(C)(F)F)c2)nc1. The predicted molar refractivity (Wildman–Crippen MR) is 136 cm³/mol. The van der Waals surface area contributed by atoms with E-state index in [1.165, 1.54) is 38.1 Å². The molecule has 0 atom stereocenters. The molecule has 0 unspecified atom stereocenters. The Morgan fingerprint density at radius 1 is 0.897 bits per heavy atom. The van der Waals surface area contributed by atoms with Crippen molar-refractivity contribution in [1.29, 1.82) is 0 Å².